The summed E-state index contributed by atoms with van der Waals surface area (Å²) in [4.78, 5) is 17.4. The van der Waals surface area contributed by atoms with Crippen LogP contribution in [0.1, 0.15) is 10.4 Å². The zero-order chi connectivity index (χ0) is 10.9. The standard InChI is InChI=1S/C6H5ClN2O4S/c1-14(12,13)5-3(6(10)11)4(7)8-2-9-5/h2H,1H3,(H,10,11). The number of sulfone groups is 1. The Kier molecular flexibility index (Phi) is 2.72. The first-order valence-electron chi connectivity index (χ1n) is 3.28. The maximum atomic E-state index is 11.1. The van der Waals surface area contributed by atoms with Gasteiger partial charge in [0.05, 0.1) is 0 Å². The fourth-order valence-electron chi connectivity index (χ4n) is 0.810. The molecule has 14 heavy (non-hydrogen) atoms. The van der Waals surface area contributed by atoms with Crippen molar-refractivity contribution in [3.63, 3.8) is 0 Å². The maximum absolute atomic E-state index is 11.1. The van der Waals surface area contributed by atoms with E-state index < -0.39 is 31.5 Å². The highest BCUT2D eigenvalue weighted by molar-refractivity contribution is 7.90. The normalized spacial score (nSPS) is 11.3. The molecule has 0 bridgehead atoms. The Morgan fingerprint density at radius 2 is 2.07 bits per heavy atom. The lowest BCUT2D eigenvalue weighted by Gasteiger charge is -2.02. The Morgan fingerprint density at radius 1 is 1.50 bits per heavy atom. The number of carboxylic acid groups (broad SMARTS) is 1. The van der Waals surface area contributed by atoms with E-state index in [1.54, 1.807) is 0 Å². The molecular weight excluding hydrogens is 232 g/mol. The van der Waals surface area contributed by atoms with E-state index in [1.807, 2.05) is 0 Å². The number of hydrogen-bond acceptors (Lipinski definition) is 5. The number of nitrogens with zero attached hydrogens (tertiary/aromatic N) is 2. The number of aromatic carboxylic acids is 1. The molecule has 1 aromatic heterocycles. The summed E-state index contributed by atoms with van der Waals surface area (Å²) in [7, 11) is -3.72. The second kappa shape index (κ2) is 3.50. The van der Waals surface area contributed by atoms with E-state index in [0.717, 1.165) is 12.6 Å². The lowest BCUT2D eigenvalue weighted by Crippen LogP contribution is -2.11. The molecule has 0 radical (unpaired) electrons. The fourth-order valence-corrected chi connectivity index (χ4v) is 1.87. The van der Waals surface area contributed by atoms with Gasteiger partial charge in [0.15, 0.2) is 14.9 Å². The summed E-state index contributed by atoms with van der Waals surface area (Å²) in [5.74, 6) is -1.48. The molecule has 0 amide bonds. The summed E-state index contributed by atoms with van der Waals surface area (Å²) >= 11 is 5.43. The molecule has 0 aliphatic carbocycles. The van der Waals surface area contributed by atoms with Gasteiger partial charge < -0.3 is 5.11 Å². The molecule has 0 unspecified atom stereocenters. The number of carboxylic acids is 1. The third kappa shape index (κ3) is 1.99. The number of aromatic nitrogens is 2. The van der Waals surface area contributed by atoms with Crippen LogP contribution in [0.4, 0.5) is 0 Å². The van der Waals surface area contributed by atoms with Gasteiger partial charge in [-0.3, -0.25) is 0 Å². The third-order valence-corrected chi connectivity index (χ3v) is 2.63. The van der Waals surface area contributed by atoms with E-state index >= 15 is 0 Å². The largest absolute Gasteiger partial charge is 0.477 e. The summed E-state index contributed by atoms with van der Waals surface area (Å²) in [6.07, 6.45) is 1.74. The van der Waals surface area contributed by atoms with Crippen LogP contribution in [-0.2, 0) is 9.84 Å². The van der Waals surface area contributed by atoms with Gasteiger partial charge in [0, 0.05) is 6.26 Å². The van der Waals surface area contributed by atoms with Crippen molar-refractivity contribution in [2.24, 2.45) is 0 Å². The molecule has 1 heterocycles. The summed E-state index contributed by atoms with van der Waals surface area (Å²) in [6, 6.07) is 0. The smallest absolute Gasteiger partial charge is 0.341 e. The van der Waals surface area contributed by atoms with Crippen LogP contribution in [0.3, 0.4) is 0 Å². The van der Waals surface area contributed by atoms with Crippen molar-refractivity contribution in [1.29, 1.82) is 0 Å². The van der Waals surface area contributed by atoms with E-state index in [9.17, 15) is 13.2 Å². The predicted molar refractivity (Wildman–Crippen MR) is 47.1 cm³/mol. The molecule has 76 valence electrons. The zero-order valence-electron chi connectivity index (χ0n) is 6.93. The zero-order valence-corrected chi connectivity index (χ0v) is 8.50. The molecule has 0 fully saturated rings. The van der Waals surface area contributed by atoms with E-state index in [2.05, 4.69) is 9.97 Å². The first-order valence-corrected chi connectivity index (χ1v) is 5.55. The average molecular weight is 237 g/mol. The molecule has 0 spiro atoms. The van der Waals surface area contributed by atoms with E-state index in [1.165, 1.54) is 0 Å². The van der Waals surface area contributed by atoms with Gasteiger partial charge in [-0.2, -0.15) is 0 Å². The maximum Gasteiger partial charge on any atom is 0.341 e. The quantitative estimate of drug-likeness (QED) is 0.739. The highest BCUT2D eigenvalue weighted by atomic mass is 35.5. The number of carbonyl (C=O) groups is 1. The van der Waals surface area contributed by atoms with Crippen molar-refractivity contribution in [2.45, 2.75) is 5.03 Å². The highest BCUT2D eigenvalue weighted by Gasteiger charge is 2.23. The second-order valence-corrected chi connectivity index (χ2v) is 4.71. The lowest BCUT2D eigenvalue weighted by atomic mass is 10.3. The minimum atomic E-state index is -3.72. The van der Waals surface area contributed by atoms with Crippen LogP contribution in [0.5, 0.6) is 0 Å². The van der Waals surface area contributed by atoms with Crippen LogP contribution in [0.15, 0.2) is 11.4 Å². The monoisotopic (exact) mass is 236 g/mol. The summed E-state index contributed by atoms with van der Waals surface area (Å²) in [5, 5.41) is 7.71. The Hall–Kier alpha value is -1.21. The van der Waals surface area contributed by atoms with Crippen LogP contribution in [-0.4, -0.2) is 35.7 Å². The Balaban J connectivity index is 3.61. The van der Waals surface area contributed by atoms with Gasteiger partial charge in [-0.1, -0.05) is 11.6 Å². The highest BCUT2D eigenvalue weighted by Crippen LogP contribution is 2.19. The van der Waals surface area contributed by atoms with Crippen molar-refractivity contribution >= 4 is 27.4 Å². The average Bonchev–Trinajstić information content (AvgIpc) is 2.01. The molecule has 0 aromatic carbocycles. The Morgan fingerprint density at radius 3 is 2.43 bits per heavy atom. The molecule has 0 atom stereocenters. The van der Waals surface area contributed by atoms with E-state index in [0.29, 0.717) is 0 Å². The SMILES string of the molecule is CS(=O)(=O)c1ncnc(Cl)c1C(=O)O. The third-order valence-electron chi connectivity index (χ3n) is 1.33. The van der Waals surface area contributed by atoms with Crippen molar-refractivity contribution in [1.82, 2.24) is 9.97 Å². The minimum Gasteiger partial charge on any atom is -0.477 e. The van der Waals surface area contributed by atoms with Gasteiger partial charge in [0.2, 0.25) is 0 Å². The molecule has 1 rings (SSSR count). The number of hydrogen-bond donors (Lipinski definition) is 1. The van der Waals surface area contributed by atoms with Crippen molar-refractivity contribution in [3.05, 3.63) is 17.0 Å². The van der Waals surface area contributed by atoms with Gasteiger partial charge in [0.25, 0.3) is 0 Å². The van der Waals surface area contributed by atoms with E-state index in [4.69, 9.17) is 16.7 Å². The van der Waals surface area contributed by atoms with Crippen molar-refractivity contribution < 1.29 is 18.3 Å². The molecule has 0 saturated heterocycles. The van der Waals surface area contributed by atoms with Crippen LogP contribution in [0.2, 0.25) is 5.15 Å². The minimum absolute atomic E-state index is 0.395. The molecule has 8 heteroatoms. The van der Waals surface area contributed by atoms with Gasteiger partial charge in [-0.05, 0) is 0 Å². The molecule has 0 aliphatic rings. The summed E-state index contributed by atoms with van der Waals surface area (Å²) < 4.78 is 22.2. The second-order valence-electron chi connectivity index (χ2n) is 2.42. The van der Waals surface area contributed by atoms with Gasteiger partial charge in [-0.15, -0.1) is 0 Å². The fraction of sp³-hybridized carbons (Fsp3) is 0.167. The van der Waals surface area contributed by atoms with Gasteiger partial charge >= 0.3 is 5.97 Å². The molecule has 6 nitrogen and oxygen atoms in total. The first kappa shape index (κ1) is 10.9. The lowest BCUT2D eigenvalue weighted by molar-refractivity contribution is 0.0691. The molecule has 0 saturated carbocycles. The van der Waals surface area contributed by atoms with E-state index in [-0.39, 0.29) is 0 Å². The molecule has 1 aromatic rings. The van der Waals surface area contributed by atoms with Crippen LogP contribution in [0.25, 0.3) is 0 Å². The van der Waals surface area contributed by atoms with Crippen molar-refractivity contribution in [2.75, 3.05) is 6.26 Å². The first-order chi connectivity index (χ1) is 6.34. The summed E-state index contributed by atoms with van der Waals surface area (Å²) in [5.41, 5.74) is -0.600. The summed E-state index contributed by atoms with van der Waals surface area (Å²) in [6.45, 7) is 0. The van der Waals surface area contributed by atoms with Crippen LogP contribution in [0, 0.1) is 0 Å². The topological polar surface area (TPSA) is 97.2 Å². The molecule has 0 aliphatic heterocycles. The predicted octanol–water partition coefficient (Wildman–Crippen LogP) is 0.232. The van der Waals surface area contributed by atoms with Crippen LogP contribution >= 0.6 is 11.6 Å². The molecule has 1 N–H and O–H groups in total. The molecular formula is C6H5ClN2O4S. The van der Waals surface area contributed by atoms with Crippen molar-refractivity contribution in [3.8, 4) is 0 Å². The van der Waals surface area contributed by atoms with Gasteiger partial charge in [-0.25, -0.2) is 23.2 Å². The van der Waals surface area contributed by atoms with Crippen LogP contribution < -0.4 is 0 Å². The Labute approximate surface area is 84.5 Å². The van der Waals surface area contributed by atoms with Gasteiger partial charge in [0.1, 0.15) is 17.0 Å². The number of halogens is 1. The number of rotatable bonds is 2. The Bertz CT molecular complexity index is 485.